The molecule has 0 unspecified atom stereocenters. The van der Waals surface area contributed by atoms with Gasteiger partial charge in [-0.05, 0) is 49.1 Å². The van der Waals surface area contributed by atoms with Crippen molar-refractivity contribution in [2.24, 2.45) is 5.92 Å². The van der Waals surface area contributed by atoms with E-state index in [0.717, 1.165) is 35.1 Å². The van der Waals surface area contributed by atoms with Gasteiger partial charge in [-0.1, -0.05) is 48.4 Å². The molecule has 0 radical (unpaired) electrons. The maximum absolute atomic E-state index is 6.21. The predicted octanol–water partition coefficient (Wildman–Crippen LogP) is 5.99. The molecular weight excluding hydrogens is 401 g/mol. The van der Waals surface area contributed by atoms with E-state index < -0.39 is 0 Å². The normalized spacial score (nSPS) is 14.9. The highest BCUT2D eigenvalue weighted by molar-refractivity contribution is 7.80. The Morgan fingerprint density at radius 3 is 2.52 bits per heavy atom. The number of nitrogens with zero attached hydrogens (tertiary/aromatic N) is 1. The second kappa shape index (κ2) is 9.13. The van der Waals surface area contributed by atoms with Crippen LogP contribution in [0.4, 0.5) is 0 Å². The van der Waals surface area contributed by atoms with Crippen LogP contribution in [0.2, 0.25) is 10.0 Å². The van der Waals surface area contributed by atoms with Crippen LogP contribution in [0.5, 0.6) is 11.5 Å². The van der Waals surface area contributed by atoms with Crippen molar-refractivity contribution in [3.63, 3.8) is 0 Å². The van der Waals surface area contributed by atoms with Crippen molar-refractivity contribution < 1.29 is 9.47 Å². The molecule has 0 atom stereocenters. The van der Waals surface area contributed by atoms with Crippen LogP contribution in [0.3, 0.4) is 0 Å². The molecule has 144 valence electrons. The molecule has 0 bridgehead atoms. The lowest BCUT2D eigenvalue weighted by Gasteiger charge is -2.32. The summed E-state index contributed by atoms with van der Waals surface area (Å²) in [5.41, 5.74) is 1.85. The number of halogens is 2. The molecule has 0 aromatic heterocycles. The second-order valence-electron chi connectivity index (χ2n) is 6.86. The highest BCUT2D eigenvalue weighted by Gasteiger charge is 2.20. The minimum absolute atomic E-state index is 0.334. The van der Waals surface area contributed by atoms with E-state index in [1.54, 1.807) is 19.2 Å². The van der Waals surface area contributed by atoms with Gasteiger partial charge in [0.05, 0.1) is 7.11 Å². The fourth-order valence-electron chi connectivity index (χ4n) is 3.11. The third-order valence-corrected chi connectivity index (χ3v) is 5.96. The van der Waals surface area contributed by atoms with Crippen LogP contribution in [0.15, 0.2) is 36.4 Å². The number of likely N-dealkylation sites (tertiary alicyclic amines) is 1. The predicted molar refractivity (Wildman–Crippen MR) is 115 cm³/mol. The van der Waals surface area contributed by atoms with E-state index in [9.17, 15) is 0 Å². The minimum atomic E-state index is 0.334. The van der Waals surface area contributed by atoms with E-state index in [1.807, 2.05) is 24.3 Å². The van der Waals surface area contributed by atoms with Gasteiger partial charge >= 0.3 is 0 Å². The van der Waals surface area contributed by atoms with E-state index in [-0.39, 0.29) is 0 Å². The second-order valence-corrected chi connectivity index (χ2v) is 8.10. The Bertz CT molecular complexity index is 820. The van der Waals surface area contributed by atoms with Crippen LogP contribution < -0.4 is 9.47 Å². The van der Waals surface area contributed by atoms with Gasteiger partial charge in [0.15, 0.2) is 11.5 Å². The molecule has 1 saturated heterocycles. The molecule has 27 heavy (non-hydrogen) atoms. The Hall–Kier alpha value is -1.49. The number of hydrogen-bond donors (Lipinski definition) is 0. The van der Waals surface area contributed by atoms with Gasteiger partial charge in [-0.2, -0.15) is 0 Å². The summed E-state index contributed by atoms with van der Waals surface area (Å²) in [6, 6.07) is 11.2. The van der Waals surface area contributed by atoms with Gasteiger partial charge < -0.3 is 14.4 Å². The quantitative estimate of drug-likeness (QED) is 0.550. The van der Waals surface area contributed by atoms with Crippen molar-refractivity contribution in [3.8, 4) is 11.5 Å². The summed E-state index contributed by atoms with van der Waals surface area (Å²) in [5, 5.41) is 1.19. The molecular formula is C21H23Cl2NO2S. The van der Waals surface area contributed by atoms with Crippen molar-refractivity contribution >= 4 is 40.4 Å². The van der Waals surface area contributed by atoms with Gasteiger partial charge in [-0.15, -0.1) is 0 Å². The lowest BCUT2D eigenvalue weighted by Crippen LogP contribution is -2.37. The summed E-state index contributed by atoms with van der Waals surface area (Å²) >= 11 is 17.9. The van der Waals surface area contributed by atoms with Crippen LogP contribution >= 0.6 is 35.4 Å². The molecule has 3 rings (SSSR count). The molecule has 0 N–H and O–H groups in total. The zero-order chi connectivity index (χ0) is 19.4. The molecule has 1 aliphatic heterocycles. The van der Waals surface area contributed by atoms with Gasteiger partial charge in [0, 0.05) is 34.3 Å². The molecule has 0 amide bonds. The number of piperidine rings is 1. The number of hydrogen-bond acceptors (Lipinski definition) is 3. The summed E-state index contributed by atoms with van der Waals surface area (Å²) in [4.78, 5) is 3.14. The fraction of sp³-hybridized carbons (Fsp3) is 0.381. The Labute approximate surface area is 176 Å². The van der Waals surface area contributed by atoms with Gasteiger partial charge in [0.2, 0.25) is 0 Å². The first-order valence-corrected chi connectivity index (χ1v) is 10.2. The lowest BCUT2D eigenvalue weighted by molar-refractivity contribution is 0.282. The third kappa shape index (κ3) is 5.07. The fourth-order valence-corrected chi connectivity index (χ4v) is 3.88. The third-order valence-electron chi connectivity index (χ3n) is 4.88. The Kier molecular flexibility index (Phi) is 6.85. The van der Waals surface area contributed by atoms with Crippen LogP contribution in [0.1, 0.15) is 30.9 Å². The monoisotopic (exact) mass is 423 g/mol. The number of rotatable bonds is 5. The molecule has 6 heteroatoms. The largest absolute Gasteiger partial charge is 0.493 e. The molecule has 1 fully saturated rings. The first-order chi connectivity index (χ1) is 13.0. The van der Waals surface area contributed by atoms with Gasteiger partial charge in [0.1, 0.15) is 11.6 Å². The summed E-state index contributed by atoms with van der Waals surface area (Å²) in [6.45, 7) is 4.65. The smallest absolute Gasteiger partial charge is 0.161 e. The number of ether oxygens (including phenoxy) is 2. The van der Waals surface area contributed by atoms with Crippen molar-refractivity contribution in [2.75, 3.05) is 20.2 Å². The topological polar surface area (TPSA) is 21.7 Å². The highest BCUT2D eigenvalue weighted by atomic mass is 35.5. The molecule has 2 aromatic rings. The zero-order valence-corrected chi connectivity index (χ0v) is 17.8. The van der Waals surface area contributed by atoms with Crippen LogP contribution in [0, 0.1) is 5.92 Å². The van der Waals surface area contributed by atoms with Gasteiger partial charge in [0.25, 0.3) is 0 Å². The zero-order valence-electron chi connectivity index (χ0n) is 15.5. The number of benzene rings is 2. The van der Waals surface area contributed by atoms with Crippen molar-refractivity contribution in [2.45, 2.75) is 26.4 Å². The summed E-state index contributed by atoms with van der Waals surface area (Å²) in [7, 11) is 1.63. The Morgan fingerprint density at radius 1 is 1.11 bits per heavy atom. The maximum atomic E-state index is 6.21. The van der Waals surface area contributed by atoms with E-state index in [2.05, 4.69) is 11.8 Å². The first kappa shape index (κ1) is 20.2. The number of thiocarbonyl (C=S) groups is 1. The summed E-state index contributed by atoms with van der Waals surface area (Å²) in [5.74, 6) is 2.08. The number of methoxy groups -OCH3 is 1. The molecule has 3 nitrogen and oxygen atoms in total. The molecule has 1 aliphatic rings. The van der Waals surface area contributed by atoms with Crippen molar-refractivity contribution in [1.29, 1.82) is 0 Å². The Balaban J connectivity index is 1.71. The van der Waals surface area contributed by atoms with E-state index in [4.69, 9.17) is 44.9 Å². The van der Waals surface area contributed by atoms with Gasteiger partial charge in [-0.25, -0.2) is 0 Å². The van der Waals surface area contributed by atoms with Crippen molar-refractivity contribution in [3.05, 3.63) is 57.6 Å². The molecule has 2 aromatic carbocycles. The molecule has 0 saturated carbocycles. The van der Waals surface area contributed by atoms with Crippen LogP contribution in [0.25, 0.3) is 0 Å². The highest BCUT2D eigenvalue weighted by Crippen LogP contribution is 2.31. The Morgan fingerprint density at radius 2 is 1.85 bits per heavy atom. The van der Waals surface area contributed by atoms with E-state index in [1.165, 1.54) is 12.8 Å². The average molecular weight is 424 g/mol. The van der Waals surface area contributed by atoms with Crippen molar-refractivity contribution in [1.82, 2.24) is 4.90 Å². The maximum Gasteiger partial charge on any atom is 0.161 e. The first-order valence-electron chi connectivity index (χ1n) is 9.02. The molecule has 0 spiro atoms. The molecule has 1 heterocycles. The minimum Gasteiger partial charge on any atom is -0.493 e. The average Bonchev–Trinajstić information content (AvgIpc) is 2.67. The van der Waals surface area contributed by atoms with Crippen LogP contribution in [-0.4, -0.2) is 30.1 Å². The van der Waals surface area contributed by atoms with Crippen LogP contribution in [-0.2, 0) is 6.61 Å². The van der Waals surface area contributed by atoms with E-state index in [0.29, 0.717) is 28.2 Å². The summed E-state index contributed by atoms with van der Waals surface area (Å²) < 4.78 is 11.4. The summed E-state index contributed by atoms with van der Waals surface area (Å²) in [6.07, 6.45) is 2.36. The standard InChI is InChI=1S/C21H23Cl2NO2S/c1-14-7-9-24(10-8-14)21(27)15-4-6-19(20(11-15)25-2)26-13-16-3-5-17(22)12-18(16)23/h3-6,11-12,14H,7-10,13H2,1-2H3. The SMILES string of the molecule is COc1cc(C(=S)N2CCC(C)CC2)ccc1OCc1ccc(Cl)cc1Cl. The lowest BCUT2D eigenvalue weighted by atomic mass is 9.99. The molecule has 0 aliphatic carbocycles. The van der Waals surface area contributed by atoms with E-state index >= 15 is 0 Å². The van der Waals surface area contributed by atoms with Gasteiger partial charge in [-0.3, -0.25) is 0 Å².